The monoisotopic (exact) mass is 392 g/mol. The molecule has 1 aliphatic heterocycles. The number of hydrogen-bond donors (Lipinski definition) is 1. The van der Waals surface area contributed by atoms with Gasteiger partial charge in [-0.3, -0.25) is 4.79 Å². The van der Waals surface area contributed by atoms with E-state index >= 15 is 0 Å². The predicted molar refractivity (Wildman–Crippen MR) is 115 cm³/mol. The fourth-order valence-electron chi connectivity index (χ4n) is 4.12. The molecule has 2 aromatic carbocycles. The lowest BCUT2D eigenvalue weighted by Gasteiger charge is -2.32. The van der Waals surface area contributed by atoms with Crippen molar-refractivity contribution < 1.29 is 14.3 Å². The lowest BCUT2D eigenvalue weighted by atomic mass is 9.89. The van der Waals surface area contributed by atoms with Gasteiger partial charge in [0, 0.05) is 30.2 Å². The minimum atomic E-state index is 0.0601. The van der Waals surface area contributed by atoms with E-state index in [0.717, 1.165) is 54.1 Å². The Bertz CT molecular complexity index is 1020. The van der Waals surface area contributed by atoms with E-state index in [1.54, 1.807) is 7.11 Å². The minimum Gasteiger partial charge on any atom is -0.497 e. The first-order valence-electron chi connectivity index (χ1n) is 10.2. The molecule has 1 aliphatic rings. The van der Waals surface area contributed by atoms with Gasteiger partial charge >= 0.3 is 0 Å². The fourth-order valence-corrected chi connectivity index (χ4v) is 4.12. The van der Waals surface area contributed by atoms with Crippen molar-refractivity contribution >= 4 is 16.8 Å². The van der Waals surface area contributed by atoms with Gasteiger partial charge in [-0.15, -0.1) is 0 Å². The van der Waals surface area contributed by atoms with Crippen LogP contribution in [0.2, 0.25) is 0 Å². The van der Waals surface area contributed by atoms with Crippen molar-refractivity contribution in [3.05, 3.63) is 59.3 Å². The molecule has 0 unspecified atom stereocenters. The number of hydrogen-bond acceptors (Lipinski definition) is 3. The van der Waals surface area contributed by atoms with Crippen molar-refractivity contribution in [2.75, 3.05) is 26.8 Å². The zero-order valence-corrected chi connectivity index (χ0v) is 17.3. The zero-order valence-electron chi connectivity index (χ0n) is 17.3. The second kappa shape index (κ2) is 8.19. The minimum absolute atomic E-state index is 0.0601. The molecule has 5 heteroatoms. The van der Waals surface area contributed by atoms with Gasteiger partial charge in [-0.25, -0.2) is 0 Å². The van der Waals surface area contributed by atoms with Crippen molar-refractivity contribution in [2.45, 2.75) is 32.6 Å². The Morgan fingerprint density at radius 1 is 1.14 bits per heavy atom. The van der Waals surface area contributed by atoms with E-state index < -0.39 is 0 Å². The van der Waals surface area contributed by atoms with Gasteiger partial charge in [-0.05, 0) is 73.6 Å². The molecule has 1 saturated heterocycles. The smallest absolute Gasteiger partial charge is 0.260 e. The van der Waals surface area contributed by atoms with Gasteiger partial charge in [0.2, 0.25) is 0 Å². The maximum Gasteiger partial charge on any atom is 0.260 e. The van der Waals surface area contributed by atoms with Gasteiger partial charge in [0.1, 0.15) is 11.5 Å². The Hall–Kier alpha value is -2.95. The molecule has 1 amide bonds. The van der Waals surface area contributed by atoms with Crippen molar-refractivity contribution in [3.8, 4) is 11.5 Å². The first kappa shape index (κ1) is 19.4. The number of aromatic nitrogens is 1. The number of rotatable bonds is 5. The van der Waals surface area contributed by atoms with E-state index in [0.29, 0.717) is 5.92 Å². The van der Waals surface area contributed by atoms with E-state index in [2.05, 4.69) is 29.4 Å². The molecule has 1 fully saturated rings. The third-order valence-corrected chi connectivity index (χ3v) is 5.90. The molecule has 1 aromatic heterocycles. The normalized spacial score (nSPS) is 14.9. The number of fused-ring (bicyclic) bond motifs is 1. The summed E-state index contributed by atoms with van der Waals surface area (Å²) in [5.74, 6) is 2.17. The van der Waals surface area contributed by atoms with E-state index in [4.69, 9.17) is 9.47 Å². The average Bonchev–Trinajstić information content (AvgIpc) is 3.17. The highest BCUT2D eigenvalue weighted by atomic mass is 16.5. The number of nitrogens with zero attached hydrogens (tertiary/aromatic N) is 1. The van der Waals surface area contributed by atoms with Crippen LogP contribution in [0.25, 0.3) is 10.9 Å². The molecule has 152 valence electrons. The van der Waals surface area contributed by atoms with E-state index in [1.165, 1.54) is 10.9 Å². The standard InChI is InChI=1S/C24H28N2O3/c1-16-4-5-17(2)23(12-16)29-15-24(27)26-10-8-18(9-11-26)21-14-25-22-7-6-19(28-3)13-20(21)22/h4-7,12-14,18,25H,8-11,15H2,1-3H3. The Kier molecular flexibility index (Phi) is 5.47. The van der Waals surface area contributed by atoms with Gasteiger partial charge in [-0.1, -0.05) is 12.1 Å². The van der Waals surface area contributed by atoms with Crippen molar-refractivity contribution in [1.29, 1.82) is 0 Å². The molecule has 3 aromatic rings. The van der Waals surface area contributed by atoms with Gasteiger partial charge in [0.15, 0.2) is 6.61 Å². The summed E-state index contributed by atoms with van der Waals surface area (Å²) in [7, 11) is 1.69. The average molecular weight is 392 g/mol. The van der Waals surface area contributed by atoms with Crippen LogP contribution >= 0.6 is 0 Å². The molecule has 0 atom stereocenters. The summed E-state index contributed by atoms with van der Waals surface area (Å²) in [5.41, 5.74) is 4.63. The van der Waals surface area contributed by atoms with E-state index in [9.17, 15) is 4.79 Å². The quantitative estimate of drug-likeness (QED) is 0.692. The van der Waals surface area contributed by atoms with Crippen LogP contribution in [0.4, 0.5) is 0 Å². The highest BCUT2D eigenvalue weighted by Crippen LogP contribution is 2.34. The molecule has 0 saturated carbocycles. The van der Waals surface area contributed by atoms with Crippen LogP contribution in [0, 0.1) is 13.8 Å². The number of aromatic amines is 1. The summed E-state index contributed by atoms with van der Waals surface area (Å²) in [6, 6.07) is 12.2. The number of amides is 1. The maximum absolute atomic E-state index is 12.6. The number of carbonyl (C=O) groups is 1. The number of nitrogens with one attached hydrogen (secondary N) is 1. The van der Waals surface area contributed by atoms with E-state index in [1.807, 2.05) is 36.9 Å². The summed E-state index contributed by atoms with van der Waals surface area (Å²) < 4.78 is 11.2. The van der Waals surface area contributed by atoms with Crippen molar-refractivity contribution in [2.24, 2.45) is 0 Å². The third-order valence-electron chi connectivity index (χ3n) is 5.90. The van der Waals surface area contributed by atoms with Gasteiger partial charge in [-0.2, -0.15) is 0 Å². The molecule has 29 heavy (non-hydrogen) atoms. The molecule has 4 rings (SSSR count). The van der Waals surface area contributed by atoms with Crippen LogP contribution in [0.5, 0.6) is 11.5 Å². The van der Waals surface area contributed by atoms with Crippen LogP contribution in [0.1, 0.15) is 35.4 Å². The van der Waals surface area contributed by atoms with Crippen LogP contribution in [-0.4, -0.2) is 42.6 Å². The highest BCUT2D eigenvalue weighted by Gasteiger charge is 2.26. The second-order valence-corrected chi connectivity index (χ2v) is 7.87. The first-order chi connectivity index (χ1) is 14.0. The molecule has 0 aliphatic carbocycles. The molecule has 1 N–H and O–H groups in total. The Labute approximate surface area is 171 Å². The third kappa shape index (κ3) is 4.09. The summed E-state index contributed by atoms with van der Waals surface area (Å²) in [5, 5.41) is 1.22. The van der Waals surface area contributed by atoms with Gasteiger partial charge < -0.3 is 19.4 Å². The highest BCUT2D eigenvalue weighted by molar-refractivity contribution is 5.85. The van der Waals surface area contributed by atoms with Gasteiger partial charge in [0.25, 0.3) is 5.91 Å². The number of ether oxygens (including phenoxy) is 2. The first-order valence-corrected chi connectivity index (χ1v) is 10.2. The molecule has 2 heterocycles. The molecule has 5 nitrogen and oxygen atoms in total. The van der Waals surface area contributed by atoms with E-state index in [-0.39, 0.29) is 12.5 Å². The predicted octanol–water partition coefficient (Wildman–Crippen LogP) is 4.58. The maximum atomic E-state index is 12.6. The molecule has 0 radical (unpaired) electrons. The molecule has 0 bridgehead atoms. The lowest BCUT2D eigenvalue weighted by Crippen LogP contribution is -2.40. The molecule has 0 spiro atoms. The number of carbonyl (C=O) groups excluding carboxylic acids is 1. The second-order valence-electron chi connectivity index (χ2n) is 7.87. The van der Waals surface area contributed by atoms with Crippen LogP contribution < -0.4 is 9.47 Å². The summed E-state index contributed by atoms with van der Waals surface area (Å²) in [4.78, 5) is 17.9. The van der Waals surface area contributed by atoms with Crippen LogP contribution in [0.3, 0.4) is 0 Å². The summed E-state index contributed by atoms with van der Waals surface area (Å²) >= 11 is 0. The Morgan fingerprint density at radius 3 is 2.69 bits per heavy atom. The number of methoxy groups -OCH3 is 1. The Morgan fingerprint density at radius 2 is 1.93 bits per heavy atom. The number of piperidine rings is 1. The zero-order chi connectivity index (χ0) is 20.4. The molecular formula is C24H28N2O3. The molecular weight excluding hydrogens is 364 g/mol. The Balaban J connectivity index is 1.37. The van der Waals surface area contributed by atoms with Gasteiger partial charge in [0.05, 0.1) is 7.11 Å². The SMILES string of the molecule is COc1ccc2[nH]cc(C3CCN(C(=O)COc4cc(C)ccc4C)CC3)c2c1. The lowest BCUT2D eigenvalue weighted by molar-refractivity contribution is -0.134. The number of H-pyrrole nitrogens is 1. The van der Waals surface area contributed by atoms with Crippen molar-refractivity contribution in [3.63, 3.8) is 0 Å². The largest absolute Gasteiger partial charge is 0.497 e. The number of likely N-dealkylation sites (tertiary alicyclic amines) is 1. The number of aryl methyl sites for hydroxylation is 2. The van der Waals surface area contributed by atoms with Crippen LogP contribution in [-0.2, 0) is 4.79 Å². The number of benzene rings is 2. The summed E-state index contributed by atoms with van der Waals surface area (Å²) in [6.07, 6.45) is 4.02. The fraction of sp³-hybridized carbons (Fsp3) is 0.375. The summed E-state index contributed by atoms with van der Waals surface area (Å²) in [6.45, 7) is 5.64. The topological polar surface area (TPSA) is 54.6 Å². The van der Waals surface area contributed by atoms with Crippen molar-refractivity contribution in [1.82, 2.24) is 9.88 Å². The van der Waals surface area contributed by atoms with Crippen LogP contribution in [0.15, 0.2) is 42.6 Å².